The van der Waals surface area contributed by atoms with Gasteiger partial charge in [-0.3, -0.25) is 0 Å². The van der Waals surface area contributed by atoms with E-state index in [0.717, 1.165) is 6.42 Å². The molecule has 0 radical (unpaired) electrons. The quantitative estimate of drug-likeness (QED) is 0.639. The lowest BCUT2D eigenvalue weighted by Crippen LogP contribution is -2.00. The number of hydrogen-bond acceptors (Lipinski definition) is 1. The van der Waals surface area contributed by atoms with Crippen LogP contribution in [0.1, 0.15) is 38.5 Å². The Labute approximate surface area is 74.8 Å². The highest BCUT2D eigenvalue weighted by atomic mass is 16.3. The summed E-state index contributed by atoms with van der Waals surface area (Å²) in [5.41, 5.74) is 1.53. The van der Waals surface area contributed by atoms with Crippen molar-refractivity contribution >= 4 is 0 Å². The lowest BCUT2D eigenvalue weighted by molar-refractivity contribution is 0.227. The fourth-order valence-corrected chi connectivity index (χ4v) is 1.59. The van der Waals surface area contributed by atoms with E-state index in [9.17, 15) is 5.11 Å². The Morgan fingerprint density at radius 2 is 2.00 bits per heavy atom. The Morgan fingerprint density at radius 3 is 2.58 bits per heavy atom. The zero-order valence-electron chi connectivity index (χ0n) is 7.63. The fraction of sp³-hybridized carbons (Fsp3) is 0.636. The average molecular weight is 166 g/mol. The van der Waals surface area contributed by atoms with E-state index >= 15 is 0 Å². The number of rotatable bonds is 3. The van der Waals surface area contributed by atoms with E-state index in [0.29, 0.717) is 0 Å². The molecule has 0 aromatic rings. The van der Waals surface area contributed by atoms with Crippen molar-refractivity contribution in [1.82, 2.24) is 0 Å². The first-order valence-corrected chi connectivity index (χ1v) is 4.81. The summed E-state index contributed by atoms with van der Waals surface area (Å²) in [4.78, 5) is 0. The SMILES string of the molecule is C=CC(O)CC=C1CCCCC1. The van der Waals surface area contributed by atoms with Gasteiger partial charge in [0.15, 0.2) is 0 Å². The van der Waals surface area contributed by atoms with Crippen molar-refractivity contribution in [3.05, 3.63) is 24.3 Å². The molecule has 0 aromatic heterocycles. The molecule has 0 bridgehead atoms. The molecule has 1 aliphatic carbocycles. The van der Waals surface area contributed by atoms with Crippen molar-refractivity contribution in [2.75, 3.05) is 0 Å². The number of allylic oxidation sites excluding steroid dienone is 1. The van der Waals surface area contributed by atoms with Crippen LogP contribution in [0.15, 0.2) is 24.3 Å². The number of hydrogen-bond donors (Lipinski definition) is 1. The number of aliphatic hydroxyl groups excluding tert-OH is 1. The molecule has 1 heteroatoms. The molecule has 0 heterocycles. The molecule has 1 nitrogen and oxygen atoms in total. The monoisotopic (exact) mass is 166 g/mol. The van der Waals surface area contributed by atoms with Crippen LogP contribution in [-0.4, -0.2) is 11.2 Å². The third-order valence-electron chi connectivity index (χ3n) is 2.42. The van der Waals surface area contributed by atoms with E-state index in [1.54, 1.807) is 6.08 Å². The minimum Gasteiger partial charge on any atom is -0.389 e. The van der Waals surface area contributed by atoms with Gasteiger partial charge >= 0.3 is 0 Å². The third-order valence-corrected chi connectivity index (χ3v) is 2.42. The second kappa shape index (κ2) is 5.15. The molecule has 1 rings (SSSR count). The Kier molecular flexibility index (Phi) is 4.09. The summed E-state index contributed by atoms with van der Waals surface area (Å²) in [6.45, 7) is 3.55. The van der Waals surface area contributed by atoms with E-state index in [4.69, 9.17) is 0 Å². The van der Waals surface area contributed by atoms with Crippen LogP contribution >= 0.6 is 0 Å². The topological polar surface area (TPSA) is 20.2 Å². The third kappa shape index (κ3) is 3.22. The van der Waals surface area contributed by atoms with Crippen LogP contribution in [0.2, 0.25) is 0 Å². The summed E-state index contributed by atoms with van der Waals surface area (Å²) in [7, 11) is 0. The van der Waals surface area contributed by atoms with E-state index < -0.39 is 0 Å². The minimum absolute atomic E-state index is 0.348. The summed E-state index contributed by atoms with van der Waals surface area (Å²) < 4.78 is 0. The molecule has 1 fully saturated rings. The molecule has 0 saturated heterocycles. The maximum absolute atomic E-state index is 9.23. The molecule has 0 aliphatic heterocycles. The van der Waals surface area contributed by atoms with E-state index in [-0.39, 0.29) is 6.10 Å². The Hall–Kier alpha value is -0.560. The Bertz CT molecular complexity index is 162. The van der Waals surface area contributed by atoms with Crippen LogP contribution < -0.4 is 0 Å². The fourth-order valence-electron chi connectivity index (χ4n) is 1.59. The largest absolute Gasteiger partial charge is 0.389 e. The minimum atomic E-state index is -0.348. The second-order valence-electron chi connectivity index (χ2n) is 3.46. The normalized spacial score (nSPS) is 20.2. The van der Waals surface area contributed by atoms with Crippen molar-refractivity contribution in [2.24, 2.45) is 0 Å². The highest BCUT2D eigenvalue weighted by Crippen LogP contribution is 2.23. The van der Waals surface area contributed by atoms with Gasteiger partial charge in [0.05, 0.1) is 6.10 Å². The van der Waals surface area contributed by atoms with Gasteiger partial charge in [0.25, 0.3) is 0 Å². The van der Waals surface area contributed by atoms with Gasteiger partial charge in [-0.1, -0.05) is 24.1 Å². The molecule has 0 aromatic carbocycles. The van der Waals surface area contributed by atoms with Gasteiger partial charge < -0.3 is 5.11 Å². The highest BCUT2D eigenvalue weighted by molar-refractivity contribution is 5.05. The predicted octanol–water partition coefficient (Wildman–Crippen LogP) is 2.81. The summed E-state index contributed by atoms with van der Waals surface area (Å²) >= 11 is 0. The molecule has 1 unspecified atom stereocenters. The van der Waals surface area contributed by atoms with Crippen LogP contribution in [-0.2, 0) is 0 Å². The van der Waals surface area contributed by atoms with Crippen molar-refractivity contribution < 1.29 is 5.11 Å². The number of aliphatic hydroxyl groups is 1. The van der Waals surface area contributed by atoms with Crippen LogP contribution in [0.3, 0.4) is 0 Å². The molecule has 1 saturated carbocycles. The zero-order valence-corrected chi connectivity index (χ0v) is 7.63. The lowest BCUT2D eigenvalue weighted by atomic mass is 9.94. The summed E-state index contributed by atoms with van der Waals surface area (Å²) in [6.07, 6.45) is 10.7. The maximum Gasteiger partial charge on any atom is 0.0752 e. The van der Waals surface area contributed by atoms with Gasteiger partial charge in [0.2, 0.25) is 0 Å². The second-order valence-corrected chi connectivity index (χ2v) is 3.46. The van der Waals surface area contributed by atoms with Gasteiger partial charge in [-0.25, -0.2) is 0 Å². The Morgan fingerprint density at radius 1 is 1.33 bits per heavy atom. The van der Waals surface area contributed by atoms with Crippen LogP contribution in [0.5, 0.6) is 0 Å². The molecule has 1 atom stereocenters. The van der Waals surface area contributed by atoms with Crippen LogP contribution in [0.4, 0.5) is 0 Å². The van der Waals surface area contributed by atoms with Crippen molar-refractivity contribution in [3.63, 3.8) is 0 Å². The summed E-state index contributed by atoms with van der Waals surface area (Å²) in [6, 6.07) is 0. The van der Waals surface area contributed by atoms with Gasteiger partial charge in [-0.2, -0.15) is 0 Å². The van der Waals surface area contributed by atoms with Crippen molar-refractivity contribution in [2.45, 2.75) is 44.6 Å². The highest BCUT2D eigenvalue weighted by Gasteiger charge is 2.05. The maximum atomic E-state index is 9.23. The lowest BCUT2D eigenvalue weighted by Gasteiger charge is -2.13. The van der Waals surface area contributed by atoms with Crippen molar-refractivity contribution in [1.29, 1.82) is 0 Å². The summed E-state index contributed by atoms with van der Waals surface area (Å²) in [5, 5.41) is 9.23. The molecule has 68 valence electrons. The molecule has 1 N–H and O–H groups in total. The van der Waals surface area contributed by atoms with Gasteiger partial charge in [-0.05, 0) is 32.1 Å². The summed E-state index contributed by atoms with van der Waals surface area (Å²) in [5.74, 6) is 0. The molecular weight excluding hydrogens is 148 g/mol. The molecule has 0 amide bonds. The molecule has 12 heavy (non-hydrogen) atoms. The average Bonchev–Trinajstić information content (AvgIpc) is 2.16. The first-order chi connectivity index (χ1) is 5.83. The van der Waals surface area contributed by atoms with Crippen LogP contribution in [0.25, 0.3) is 0 Å². The Balaban J connectivity index is 2.29. The zero-order chi connectivity index (χ0) is 8.81. The van der Waals surface area contributed by atoms with E-state index in [1.165, 1.54) is 37.7 Å². The van der Waals surface area contributed by atoms with Gasteiger partial charge in [-0.15, -0.1) is 6.58 Å². The first-order valence-electron chi connectivity index (χ1n) is 4.81. The standard InChI is InChI=1S/C11H18O/c1-2-11(12)9-8-10-6-4-3-5-7-10/h2,8,11-12H,1,3-7,9H2. The smallest absolute Gasteiger partial charge is 0.0752 e. The van der Waals surface area contributed by atoms with E-state index in [1.807, 2.05) is 0 Å². The predicted molar refractivity (Wildman–Crippen MR) is 52.0 cm³/mol. The van der Waals surface area contributed by atoms with Gasteiger partial charge in [0.1, 0.15) is 0 Å². The first kappa shape index (κ1) is 9.53. The molecule has 0 spiro atoms. The van der Waals surface area contributed by atoms with Crippen molar-refractivity contribution in [3.8, 4) is 0 Å². The van der Waals surface area contributed by atoms with Gasteiger partial charge in [0, 0.05) is 0 Å². The molecular formula is C11H18O. The molecule has 1 aliphatic rings. The van der Waals surface area contributed by atoms with E-state index in [2.05, 4.69) is 12.7 Å². The van der Waals surface area contributed by atoms with Crippen LogP contribution in [0, 0.1) is 0 Å².